The molecular formula is C21H26Cl2N3O2+. The summed E-state index contributed by atoms with van der Waals surface area (Å²) in [7, 11) is 0. The fourth-order valence-corrected chi connectivity index (χ4v) is 3.96. The fourth-order valence-electron chi connectivity index (χ4n) is 3.44. The lowest BCUT2D eigenvalue weighted by atomic mass is 10.2. The standard InChI is InChI=1S/C21H25Cl2N3O2/c1-3-25-9-11-26(12-10-25)21-17(23)5-4-6-18(21)24-20(27)14-28-19-8-7-16(22)13-15(19)2/h4-8,13H,3,9-12,14H2,1-2H3,(H,24,27)/p+1. The number of aryl methyl sites for hydroxylation is 1. The Morgan fingerprint density at radius 2 is 1.96 bits per heavy atom. The van der Waals surface area contributed by atoms with Crippen molar-refractivity contribution in [2.75, 3.05) is 49.5 Å². The van der Waals surface area contributed by atoms with Crippen LogP contribution in [0.5, 0.6) is 5.75 Å². The average Bonchev–Trinajstić information content (AvgIpc) is 2.68. The van der Waals surface area contributed by atoms with Crippen molar-refractivity contribution >= 4 is 40.5 Å². The van der Waals surface area contributed by atoms with Gasteiger partial charge in [0.15, 0.2) is 6.61 Å². The maximum atomic E-state index is 12.5. The predicted octanol–water partition coefficient (Wildman–Crippen LogP) is 3.04. The maximum Gasteiger partial charge on any atom is 0.262 e. The van der Waals surface area contributed by atoms with Gasteiger partial charge < -0.3 is 19.9 Å². The van der Waals surface area contributed by atoms with Crippen molar-refractivity contribution in [1.82, 2.24) is 0 Å². The Kier molecular flexibility index (Phi) is 7.05. The van der Waals surface area contributed by atoms with Crippen molar-refractivity contribution in [3.8, 4) is 5.75 Å². The number of quaternary nitrogens is 1. The van der Waals surface area contributed by atoms with Gasteiger partial charge in [0.2, 0.25) is 0 Å². The summed E-state index contributed by atoms with van der Waals surface area (Å²) < 4.78 is 5.65. The monoisotopic (exact) mass is 422 g/mol. The van der Waals surface area contributed by atoms with Gasteiger partial charge in [-0.15, -0.1) is 0 Å². The van der Waals surface area contributed by atoms with E-state index in [-0.39, 0.29) is 12.5 Å². The molecule has 2 aromatic carbocycles. The van der Waals surface area contributed by atoms with Crippen LogP contribution in [0.3, 0.4) is 0 Å². The van der Waals surface area contributed by atoms with Gasteiger partial charge in [0, 0.05) is 5.02 Å². The van der Waals surface area contributed by atoms with Gasteiger partial charge in [-0.1, -0.05) is 29.3 Å². The molecule has 28 heavy (non-hydrogen) atoms. The van der Waals surface area contributed by atoms with Crippen molar-refractivity contribution in [3.05, 3.63) is 52.0 Å². The summed E-state index contributed by atoms with van der Waals surface area (Å²) >= 11 is 12.4. The number of carbonyl (C=O) groups is 1. The van der Waals surface area contributed by atoms with Crippen LogP contribution in [0.25, 0.3) is 0 Å². The highest BCUT2D eigenvalue weighted by Crippen LogP contribution is 2.34. The molecule has 0 aliphatic carbocycles. The third-order valence-electron chi connectivity index (χ3n) is 5.04. The molecule has 2 aromatic rings. The highest BCUT2D eigenvalue weighted by molar-refractivity contribution is 6.34. The first-order chi connectivity index (χ1) is 13.5. The summed E-state index contributed by atoms with van der Waals surface area (Å²) in [6.07, 6.45) is 0. The van der Waals surface area contributed by atoms with Crippen LogP contribution in [0.15, 0.2) is 36.4 Å². The molecule has 1 heterocycles. The quantitative estimate of drug-likeness (QED) is 0.751. The molecule has 3 rings (SSSR count). The molecule has 1 amide bonds. The van der Waals surface area contributed by atoms with Crippen molar-refractivity contribution in [1.29, 1.82) is 0 Å². The largest absolute Gasteiger partial charge is 0.483 e. The second-order valence-electron chi connectivity index (χ2n) is 6.97. The van der Waals surface area contributed by atoms with Crippen LogP contribution in [0, 0.1) is 6.92 Å². The molecule has 2 N–H and O–H groups in total. The average molecular weight is 423 g/mol. The number of para-hydroxylation sites is 1. The second-order valence-corrected chi connectivity index (χ2v) is 7.82. The highest BCUT2D eigenvalue weighted by Gasteiger charge is 2.23. The Labute approximate surface area is 176 Å². The van der Waals surface area contributed by atoms with Crippen LogP contribution in [0.1, 0.15) is 12.5 Å². The number of halogens is 2. The van der Waals surface area contributed by atoms with E-state index in [1.165, 1.54) is 0 Å². The smallest absolute Gasteiger partial charge is 0.262 e. The Balaban J connectivity index is 1.66. The van der Waals surface area contributed by atoms with Gasteiger partial charge in [0.1, 0.15) is 5.75 Å². The molecule has 0 radical (unpaired) electrons. The minimum Gasteiger partial charge on any atom is -0.483 e. The minimum absolute atomic E-state index is 0.0812. The number of amides is 1. The van der Waals surface area contributed by atoms with E-state index in [9.17, 15) is 4.79 Å². The summed E-state index contributed by atoms with van der Waals surface area (Å²) in [6.45, 7) is 9.10. The summed E-state index contributed by atoms with van der Waals surface area (Å²) in [6, 6.07) is 10.9. The third-order valence-corrected chi connectivity index (χ3v) is 5.58. The van der Waals surface area contributed by atoms with Gasteiger partial charge in [-0.2, -0.15) is 0 Å². The van der Waals surface area contributed by atoms with Crippen molar-refractivity contribution < 1.29 is 14.4 Å². The van der Waals surface area contributed by atoms with Gasteiger partial charge in [-0.25, -0.2) is 0 Å². The number of hydrogen-bond donors (Lipinski definition) is 2. The van der Waals surface area contributed by atoms with Gasteiger partial charge in [0.05, 0.1) is 49.1 Å². The first-order valence-electron chi connectivity index (χ1n) is 9.53. The number of anilines is 2. The Morgan fingerprint density at radius 3 is 2.64 bits per heavy atom. The SMILES string of the molecule is CC[NH+]1CCN(c2c(Cl)cccc2NC(=O)COc2ccc(Cl)cc2C)CC1. The van der Waals surface area contributed by atoms with E-state index in [4.69, 9.17) is 27.9 Å². The van der Waals surface area contributed by atoms with E-state index in [1.54, 1.807) is 17.0 Å². The lowest BCUT2D eigenvalue weighted by molar-refractivity contribution is -0.898. The number of nitrogens with one attached hydrogen (secondary N) is 2. The lowest BCUT2D eigenvalue weighted by Crippen LogP contribution is -3.14. The topological polar surface area (TPSA) is 46.0 Å². The van der Waals surface area contributed by atoms with Crippen LogP contribution in [0.2, 0.25) is 10.0 Å². The van der Waals surface area contributed by atoms with Gasteiger partial charge in [-0.3, -0.25) is 4.79 Å². The molecular weight excluding hydrogens is 397 g/mol. The molecule has 5 nitrogen and oxygen atoms in total. The number of likely N-dealkylation sites (N-methyl/N-ethyl adjacent to an activating group) is 1. The number of ether oxygens (including phenoxy) is 1. The van der Waals surface area contributed by atoms with E-state index in [2.05, 4.69) is 17.1 Å². The molecule has 150 valence electrons. The summed E-state index contributed by atoms with van der Waals surface area (Å²) in [4.78, 5) is 16.3. The first kappa shape index (κ1) is 20.8. The first-order valence-corrected chi connectivity index (χ1v) is 10.3. The lowest BCUT2D eigenvalue weighted by Gasteiger charge is -2.34. The number of rotatable bonds is 6. The zero-order chi connectivity index (χ0) is 20.1. The van der Waals surface area contributed by atoms with Gasteiger partial charge in [-0.05, 0) is 49.7 Å². The molecule has 0 aromatic heterocycles. The van der Waals surface area contributed by atoms with Crippen LogP contribution in [0.4, 0.5) is 11.4 Å². The van der Waals surface area contributed by atoms with E-state index >= 15 is 0 Å². The molecule has 0 bridgehead atoms. The normalized spacial score (nSPS) is 14.8. The van der Waals surface area contributed by atoms with E-state index in [0.717, 1.165) is 44.0 Å². The molecule has 1 aliphatic heterocycles. The van der Waals surface area contributed by atoms with E-state index < -0.39 is 0 Å². The Morgan fingerprint density at radius 1 is 1.21 bits per heavy atom. The minimum atomic E-state index is -0.226. The molecule has 0 atom stereocenters. The van der Waals surface area contributed by atoms with E-state index in [0.29, 0.717) is 21.5 Å². The summed E-state index contributed by atoms with van der Waals surface area (Å²) in [5.74, 6) is 0.417. The van der Waals surface area contributed by atoms with Crippen molar-refractivity contribution in [2.24, 2.45) is 0 Å². The number of hydrogen-bond acceptors (Lipinski definition) is 3. The Bertz CT molecular complexity index is 836. The number of benzene rings is 2. The van der Waals surface area contributed by atoms with Crippen LogP contribution in [-0.2, 0) is 4.79 Å². The number of piperazine rings is 1. The van der Waals surface area contributed by atoms with Crippen LogP contribution in [-0.4, -0.2) is 45.2 Å². The van der Waals surface area contributed by atoms with Gasteiger partial charge >= 0.3 is 0 Å². The zero-order valence-electron chi connectivity index (χ0n) is 16.2. The molecule has 0 saturated carbocycles. The molecule has 0 unspecified atom stereocenters. The van der Waals surface area contributed by atoms with Crippen molar-refractivity contribution in [2.45, 2.75) is 13.8 Å². The molecule has 0 spiro atoms. The summed E-state index contributed by atoms with van der Waals surface area (Å²) in [5.41, 5.74) is 2.49. The maximum absolute atomic E-state index is 12.5. The predicted molar refractivity (Wildman–Crippen MR) is 115 cm³/mol. The van der Waals surface area contributed by atoms with Gasteiger partial charge in [0.25, 0.3) is 5.91 Å². The van der Waals surface area contributed by atoms with E-state index in [1.807, 2.05) is 31.2 Å². The summed E-state index contributed by atoms with van der Waals surface area (Å²) in [5, 5.41) is 4.24. The highest BCUT2D eigenvalue weighted by atomic mass is 35.5. The van der Waals surface area contributed by atoms with Crippen molar-refractivity contribution in [3.63, 3.8) is 0 Å². The van der Waals surface area contributed by atoms with Crippen LogP contribution >= 0.6 is 23.2 Å². The van der Waals surface area contributed by atoms with Crippen LogP contribution < -0.4 is 19.9 Å². The molecule has 1 saturated heterocycles. The number of nitrogens with zero attached hydrogens (tertiary/aromatic N) is 1. The molecule has 7 heteroatoms. The number of carbonyl (C=O) groups excluding carboxylic acids is 1. The molecule has 1 aliphatic rings. The second kappa shape index (κ2) is 9.50. The Hall–Kier alpha value is -1.95. The third kappa shape index (κ3) is 5.10. The zero-order valence-corrected chi connectivity index (χ0v) is 17.7. The fraction of sp³-hybridized carbons (Fsp3) is 0.381. The molecule has 1 fully saturated rings.